The molecule has 0 aromatic rings. The number of ether oxygens (including phenoxy) is 1. The number of aliphatic carboxylic acids is 1. The van der Waals surface area contributed by atoms with E-state index in [-0.39, 0.29) is 30.9 Å². The van der Waals surface area contributed by atoms with Gasteiger partial charge in [0, 0.05) is 12.8 Å². The first-order valence-electron chi connectivity index (χ1n) is 15.6. The monoisotopic (exact) mass is 568 g/mol. The molecule has 0 bridgehead atoms. The third kappa shape index (κ3) is 23.5. The molecule has 0 saturated carbocycles. The Labute approximate surface area is 241 Å². The Morgan fingerprint density at radius 3 is 1.98 bits per heavy atom. The molecule has 0 aromatic heterocycles. The molecule has 9 nitrogen and oxygen atoms in total. The zero-order valence-electron chi connectivity index (χ0n) is 25.1. The normalized spacial score (nSPS) is 12.7. The van der Waals surface area contributed by atoms with Crippen LogP contribution in [0.1, 0.15) is 136 Å². The van der Waals surface area contributed by atoms with E-state index in [1.807, 2.05) is 0 Å². The van der Waals surface area contributed by atoms with Gasteiger partial charge in [0.2, 0.25) is 11.8 Å². The third-order valence-electron chi connectivity index (χ3n) is 6.74. The number of amides is 2. The van der Waals surface area contributed by atoms with Gasteiger partial charge in [-0.1, -0.05) is 77.4 Å². The van der Waals surface area contributed by atoms with Crippen molar-refractivity contribution in [3.63, 3.8) is 0 Å². The van der Waals surface area contributed by atoms with Gasteiger partial charge >= 0.3 is 11.9 Å². The Balaban J connectivity index is 4.16. The minimum absolute atomic E-state index is 0.0782. The third-order valence-corrected chi connectivity index (χ3v) is 6.74. The molecule has 0 heterocycles. The highest BCUT2D eigenvalue weighted by molar-refractivity contribution is 5.87. The van der Waals surface area contributed by atoms with E-state index in [1.165, 1.54) is 25.7 Å². The minimum Gasteiger partial charge on any atom is -0.480 e. The Morgan fingerprint density at radius 1 is 0.725 bits per heavy atom. The van der Waals surface area contributed by atoms with Gasteiger partial charge in [0.15, 0.2) is 0 Å². The van der Waals surface area contributed by atoms with Gasteiger partial charge in [-0.05, 0) is 57.8 Å². The molecule has 0 aromatic carbocycles. The number of carboxylic acids is 1. The van der Waals surface area contributed by atoms with Crippen LogP contribution in [0.15, 0.2) is 12.2 Å². The fourth-order valence-electron chi connectivity index (χ4n) is 4.30. The van der Waals surface area contributed by atoms with Crippen LogP contribution in [0.3, 0.4) is 0 Å². The highest BCUT2D eigenvalue weighted by Crippen LogP contribution is 2.17. The SMILES string of the molecule is CCC/C=C\CCCCCCCC(=O)OC(CCCCCC)CCCCCC(=O)NCC(=O)NC(CO)C(=O)O. The van der Waals surface area contributed by atoms with Gasteiger partial charge in [-0.15, -0.1) is 0 Å². The van der Waals surface area contributed by atoms with E-state index in [1.54, 1.807) is 0 Å². The van der Waals surface area contributed by atoms with Crippen molar-refractivity contribution in [1.82, 2.24) is 10.6 Å². The number of unbranched alkanes of at least 4 members (excludes halogenated alkanes) is 11. The topological polar surface area (TPSA) is 142 Å². The fourth-order valence-corrected chi connectivity index (χ4v) is 4.30. The molecular formula is C31H56N2O7. The van der Waals surface area contributed by atoms with Crippen LogP contribution in [0.4, 0.5) is 0 Å². The van der Waals surface area contributed by atoms with Crippen molar-refractivity contribution in [2.45, 2.75) is 148 Å². The number of rotatable bonds is 27. The van der Waals surface area contributed by atoms with Crippen LogP contribution in [-0.2, 0) is 23.9 Å². The van der Waals surface area contributed by atoms with Crippen molar-refractivity contribution in [3.8, 4) is 0 Å². The lowest BCUT2D eigenvalue weighted by atomic mass is 10.0. The predicted octanol–water partition coefficient (Wildman–Crippen LogP) is 5.58. The van der Waals surface area contributed by atoms with Crippen LogP contribution in [0.2, 0.25) is 0 Å². The smallest absolute Gasteiger partial charge is 0.328 e. The van der Waals surface area contributed by atoms with Crippen LogP contribution in [0, 0.1) is 0 Å². The molecule has 0 aliphatic carbocycles. The summed E-state index contributed by atoms with van der Waals surface area (Å²) in [5, 5.41) is 22.4. The summed E-state index contributed by atoms with van der Waals surface area (Å²) in [6.07, 6.45) is 22.6. The maximum atomic E-state index is 12.4. The number of aliphatic hydroxyl groups excluding tert-OH is 1. The molecule has 232 valence electrons. The number of esters is 1. The Bertz CT molecular complexity index is 712. The maximum Gasteiger partial charge on any atom is 0.328 e. The van der Waals surface area contributed by atoms with Gasteiger partial charge in [0.05, 0.1) is 13.2 Å². The molecule has 40 heavy (non-hydrogen) atoms. The van der Waals surface area contributed by atoms with Crippen molar-refractivity contribution >= 4 is 23.8 Å². The number of nitrogens with one attached hydrogen (secondary N) is 2. The first-order valence-corrected chi connectivity index (χ1v) is 15.6. The molecule has 9 heteroatoms. The minimum atomic E-state index is -1.39. The van der Waals surface area contributed by atoms with Crippen molar-refractivity contribution in [2.75, 3.05) is 13.2 Å². The fraction of sp³-hybridized carbons (Fsp3) is 0.806. The second-order valence-electron chi connectivity index (χ2n) is 10.5. The van der Waals surface area contributed by atoms with Gasteiger partial charge in [0.25, 0.3) is 0 Å². The highest BCUT2D eigenvalue weighted by atomic mass is 16.5. The van der Waals surface area contributed by atoms with E-state index in [4.69, 9.17) is 14.9 Å². The molecular weight excluding hydrogens is 512 g/mol. The number of hydrogen-bond acceptors (Lipinski definition) is 6. The Morgan fingerprint density at radius 2 is 1.32 bits per heavy atom. The average Bonchev–Trinajstić information content (AvgIpc) is 2.93. The van der Waals surface area contributed by atoms with E-state index < -0.39 is 24.5 Å². The number of hydrogen-bond donors (Lipinski definition) is 4. The largest absolute Gasteiger partial charge is 0.480 e. The van der Waals surface area contributed by atoms with Gasteiger partial charge in [-0.25, -0.2) is 4.79 Å². The van der Waals surface area contributed by atoms with E-state index in [9.17, 15) is 19.2 Å². The standard InChI is InChI=1S/C31H56N2O7/c1-3-5-7-9-10-11-12-13-14-19-23-30(37)40-26(20-16-8-6-4-2)21-17-15-18-22-28(35)32-24-29(36)33-27(25-34)31(38)39/h7,9,26-27,34H,3-6,8,10-25H2,1-2H3,(H,32,35)(H,33,36)(H,38,39)/b9-7-. The van der Waals surface area contributed by atoms with Gasteiger partial charge in [-0.2, -0.15) is 0 Å². The summed E-state index contributed by atoms with van der Waals surface area (Å²) in [4.78, 5) is 47.0. The average molecular weight is 569 g/mol. The summed E-state index contributed by atoms with van der Waals surface area (Å²) < 4.78 is 5.83. The molecule has 2 amide bonds. The second-order valence-corrected chi connectivity index (χ2v) is 10.5. The van der Waals surface area contributed by atoms with Crippen LogP contribution in [0.25, 0.3) is 0 Å². The predicted molar refractivity (Wildman–Crippen MR) is 158 cm³/mol. The van der Waals surface area contributed by atoms with Crippen molar-refractivity contribution in [1.29, 1.82) is 0 Å². The zero-order valence-corrected chi connectivity index (χ0v) is 25.1. The number of carbonyl (C=O) groups excluding carboxylic acids is 3. The van der Waals surface area contributed by atoms with E-state index >= 15 is 0 Å². The number of carbonyl (C=O) groups is 4. The van der Waals surface area contributed by atoms with E-state index in [0.29, 0.717) is 12.8 Å². The lowest BCUT2D eigenvalue weighted by molar-refractivity contribution is -0.150. The van der Waals surface area contributed by atoms with Gasteiger partial charge < -0.3 is 25.6 Å². The second kappa shape index (κ2) is 26.8. The summed E-state index contributed by atoms with van der Waals surface area (Å²) in [6, 6.07) is -1.39. The van der Waals surface area contributed by atoms with Crippen molar-refractivity contribution in [2.24, 2.45) is 0 Å². The molecule has 2 unspecified atom stereocenters. The molecule has 0 rings (SSSR count). The summed E-state index contributed by atoms with van der Waals surface area (Å²) in [5.41, 5.74) is 0. The quantitative estimate of drug-likeness (QED) is 0.0575. The summed E-state index contributed by atoms with van der Waals surface area (Å²) >= 11 is 0. The van der Waals surface area contributed by atoms with Crippen LogP contribution < -0.4 is 10.6 Å². The first-order chi connectivity index (χ1) is 19.3. The Hall–Kier alpha value is -2.42. The molecule has 0 aliphatic rings. The molecule has 4 N–H and O–H groups in total. The van der Waals surface area contributed by atoms with E-state index in [2.05, 4.69) is 36.6 Å². The number of carboxylic acid groups (broad SMARTS) is 1. The number of allylic oxidation sites excluding steroid dienone is 2. The molecule has 0 saturated heterocycles. The van der Waals surface area contributed by atoms with Crippen LogP contribution in [0.5, 0.6) is 0 Å². The Kier molecular flexibility index (Phi) is 25.2. The van der Waals surface area contributed by atoms with Gasteiger partial charge in [-0.3, -0.25) is 14.4 Å². The summed E-state index contributed by atoms with van der Waals surface area (Å²) in [7, 11) is 0. The van der Waals surface area contributed by atoms with Crippen LogP contribution in [-0.4, -0.2) is 59.3 Å². The summed E-state index contributed by atoms with van der Waals surface area (Å²) in [6.45, 7) is 3.30. The highest BCUT2D eigenvalue weighted by Gasteiger charge is 2.19. The van der Waals surface area contributed by atoms with Crippen molar-refractivity contribution in [3.05, 3.63) is 12.2 Å². The molecule has 2 atom stereocenters. The lowest BCUT2D eigenvalue weighted by Crippen LogP contribution is -2.47. The maximum absolute atomic E-state index is 12.4. The molecule has 0 aliphatic heterocycles. The lowest BCUT2D eigenvalue weighted by Gasteiger charge is -2.18. The zero-order chi connectivity index (χ0) is 29.8. The van der Waals surface area contributed by atoms with Crippen molar-refractivity contribution < 1.29 is 34.1 Å². The molecule has 0 radical (unpaired) electrons. The van der Waals surface area contributed by atoms with Crippen LogP contribution >= 0.6 is 0 Å². The first kappa shape index (κ1) is 37.6. The summed E-state index contributed by atoms with van der Waals surface area (Å²) in [5.74, 6) is -2.40. The molecule has 0 fully saturated rings. The van der Waals surface area contributed by atoms with E-state index in [0.717, 1.165) is 77.0 Å². The molecule has 0 spiro atoms. The number of aliphatic hydroxyl groups is 1. The van der Waals surface area contributed by atoms with Gasteiger partial charge in [0.1, 0.15) is 12.1 Å².